The molecule has 0 aliphatic carbocycles. The summed E-state index contributed by atoms with van der Waals surface area (Å²) in [7, 11) is 0. The second kappa shape index (κ2) is 6.92. The number of hydrogen-bond donors (Lipinski definition) is 1. The third-order valence-electron chi connectivity index (χ3n) is 4.74. The molecular formula is C19H23N3O. The van der Waals surface area contributed by atoms with Gasteiger partial charge >= 0.3 is 0 Å². The van der Waals surface area contributed by atoms with E-state index < -0.39 is 0 Å². The number of aromatic nitrogens is 1. The summed E-state index contributed by atoms with van der Waals surface area (Å²) in [4.78, 5) is 19.0. The molecule has 3 atom stereocenters. The van der Waals surface area contributed by atoms with Crippen LogP contribution in [0.25, 0.3) is 0 Å². The minimum absolute atomic E-state index is 0.140. The Morgan fingerprint density at radius 3 is 2.61 bits per heavy atom. The SMILES string of the molecule is C[C@H](C(=O)N1CCC[C@H]1c1ccncc1)[C@H](N)c1ccccc1. The second-order valence-electron chi connectivity index (χ2n) is 6.20. The highest BCUT2D eigenvalue weighted by molar-refractivity contribution is 5.80. The van der Waals surface area contributed by atoms with Gasteiger partial charge in [-0.1, -0.05) is 37.3 Å². The van der Waals surface area contributed by atoms with Crippen LogP contribution in [0.1, 0.15) is 43.0 Å². The fourth-order valence-electron chi connectivity index (χ4n) is 3.34. The maximum absolute atomic E-state index is 13.0. The van der Waals surface area contributed by atoms with Crippen molar-refractivity contribution < 1.29 is 4.79 Å². The van der Waals surface area contributed by atoms with E-state index in [-0.39, 0.29) is 23.9 Å². The number of likely N-dealkylation sites (tertiary alicyclic amines) is 1. The summed E-state index contributed by atoms with van der Waals surface area (Å²) < 4.78 is 0. The van der Waals surface area contributed by atoms with Gasteiger partial charge in [0.25, 0.3) is 0 Å². The van der Waals surface area contributed by atoms with Crippen molar-refractivity contribution in [2.24, 2.45) is 11.7 Å². The summed E-state index contributed by atoms with van der Waals surface area (Å²) in [5, 5.41) is 0. The molecule has 1 fully saturated rings. The quantitative estimate of drug-likeness (QED) is 0.944. The molecule has 120 valence electrons. The molecule has 3 rings (SSSR count). The standard InChI is InChI=1S/C19H23N3O/c1-14(18(20)16-6-3-2-4-7-16)19(23)22-13-5-8-17(22)15-9-11-21-12-10-15/h2-4,6-7,9-12,14,17-18H,5,8,13,20H2,1H3/t14-,17-,18-/m0/s1. The average molecular weight is 309 g/mol. The van der Waals surface area contributed by atoms with Crippen molar-refractivity contribution in [2.75, 3.05) is 6.54 Å². The van der Waals surface area contributed by atoms with E-state index in [0.29, 0.717) is 0 Å². The van der Waals surface area contributed by atoms with E-state index in [0.717, 1.165) is 30.5 Å². The van der Waals surface area contributed by atoms with Crippen molar-refractivity contribution in [2.45, 2.75) is 31.8 Å². The molecule has 2 N–H and O–H groups in total. The van der Waals surface area contributed by atoms with Crippen LogP contribution < -0.4 is 5.73 Å². The van der Waals surface area contributed by atoms with E-state index in [1.54, 1.807) is 12.4 Å². The van der Waals surface area contributed by atoms with Crippen molar-refractivity contribution in [1.82, 2.24) is 9.88 Å². The highest BCUT2D eigenvalue weighted by Crippen LogP contribution is 2.34. The minimum atomic E-state index is -0.276. The molecule has 1 aromatic carbocycles. The Labute approximate surface area is 137 Å². The van der Waals surface area contributed by atoms with Crippen LogP contribution in [0, 0.1) is 5.92 Å². The molecule has 1 aliphatic rings. The summed E-state index contributed by atoms with van der Waals surface area (Å²) >= 11 is 0. The van der Waals surface area contributed by atoms with Crippen molar-refractivity contribution in [1.29, 1.82) is 0 Å². The van der Waals surface area contributed by atoms with E-state index in [1.807, 2.05) is 54.3 Å². The lowest BCUT2D eigenvalue weighted by molar-refractivity contribution is -0.136. The lowest BCUT2D eigenvalue weighted by atomic mass is 9.93. The molecule has 0 spiro atoms. The van der Waals surface area contributed by atoms with Crippen molar-refractivity contribution >= 4 is 5.91 Å². The monoisotopic (exact) mass is 309 g/mol. The Hall–Kier alpha value is -2.20. The zero-order chi connectivity index (χ0) is 16.2. The van der Waals surface area contributed by atoms with Gasteiger partial charge in [0.1, 0.15) is 0 Å². The zero-order valence-electron chi connectivity index (χ0n) is 13.4. The second-order valence-corrected chi connectivity index (χ2v) is 6.20. The lowest BCUT2D eigenvalue weighted by Crippen LogP contribution is -2.39. The molecule has 1 aromatic heterocycles. The molecule has 4 nitrogen and oxygen atoms in total. The number of pyridine rings is 1. The maximum atomic E-state index is 13.0. The molecule has 0 bridgehead atoms. The summed E-state index contributed by atoms with van der Waals surface area (Å²) in [5.41, 5.74) is 8.50. The van der Waals surface area contributed by atoms with Gasteiger partial charge in [0.2, 0.25) is 5.91 Å². The molecule has 0 unspecified atom stereocenters. The molecule has 1 saturated heterocycles. The number of amides is 1. The highest BCUT2D eigenvalue weighted by Gasteiger charge is 2.34. The predicted octanol–water partition coefficient (Wildman–Crippen LogP) is 3.08. The van der Waals surface area contributed by atoms with Crippen LogP contribution in [-0.4, -0.2) is 22.3 Å². The van der Waals surface area contributed by atoms with E-state index in [1.165, 1.54) is 0 Å². The molecule has 1 amide bonds. The first kappa shape index (κ1) is 15.7. The normalized spacial score (nSPS) is 20.3. The molecule has 0 radical (unpaired) electrons. The predicted molar refractivity (Wildman–Crippen MR) is 90.5 cm³/mol. The van der Waals surface area contributed by atoms with Crippen LogP contribution in [0.4, 0.5) is 0 Å². The van der Waals surface area contributed by atoms with Crippen molar-refractivity contribution in [3.05, 3.63) is 66.0 Å². The molecular weight excluding hydrogens is 286 g/mol. The van der Waals surface area contributed by atoms with Gasteiger partial charge in [0.15, 0.2) is 0 Å². The number of nitrogens with two attached hydrogens (primary N) is 1. The Balaban J connectivity index is 1.76. The maximum Gasteiger partial charge on any atom is 0.227 e. The minimum Gasteiger partial charge on any atom is -0.335 e. The third-order valence-corrected chi connectivity index (χ3v) is 4.74. The molecule has 1 aliphatic heterocycles. The first-order chi connectivity index (χ1) is 11.2. The Morgan fingerprint density at radius 1 is 1.22 bits per heavy atom. The summed E-state index contributed by atoms with van der Waals surface area (Å²) in [6.07, 6.45) is 5.61. The first-order valence-corrected chi connectivity index (χ1v) is 8.19. The molecule has 4 heteroatoms. The van der Waals surface area contributed by atoms with Gasteiger partial charge in [0, 0.05) is 25.0 Å². The van der Waals surface area contributed by atoms with Crippen LogP contribution in [-0.2, 0) is 4.79 Å². The average Bonchev–Trinajstić information content (AvgIpc) is 3.11. The fourth-order valence-corrected chi connectivity index (χ4v) is 3.34. The van der Waals surface area contributed by atoms with Gasteiger partial charge < -0.3 is 10.6 Å². The van der Waals surface area contributed by atoms with Crippen LogP contribution in [0.2, 0.25) is 0 Å². The Kier molecular flexibility index (Phi) is 4.72. The topological polar surface area (TPSA) is 59.2 Å². The van der Waals surface area contributed by atoms with Gasteiger partial charge in [-0.3, -0.25) is 9.78 Å². The number of nitrogens with zero attached hydrogens (tertiary/aromatic N) is 2. The van der Waals surface area contributed by atoms with Gasteiger partial charge in [-0.15, -0.1) is 0 Å². The Bertz CT molecular complexity index is 644. The number of benzene rings is 1. The van der Waals surface area contributed by atoms with Gasteiger partial charge in [-0.05, 0) is 36.1 Å². The van der Waals surface area contributed by atoms with Crippen molar-refractivity contribution in [3.8, 4) is 0 Å². The summed E-state index contributed by atoms with van der Waals surface area (Å²) in [5.74, 6) is -0.0968. The van der Waals surface area contributed by atoms with Crippen LogP contribution in [0.3, 0.4) is 0 Å². The third kappa shape index (κ3) is 3.27. The highest BCUT2D eigenvalue weighted by atomic mass is 16.2. The lowest BCUT2D eigenvalue weighted by Gasteiger charge is -2.30. The smallest absolute Gasteiger partial charge is 0.227 e. The summed E-state index contributed by atoms with van der Waals surface area (Å²) in [6.45, 7) is 2.74. The number of carbonyl (C=O) groups is 1. The number of hydrogen-bond acceptors (Lipinski definition) is 3. The largest absolute Gasteiger partial charge is 0.335 e. The van der Waals surface area contributed by atoms with E-state index in [4.69, 9.17) is 5.73 Å². The Morgan fingerprint density at radius 2 is 1.91 bits per heavy atom. The van der Waals surface area contributed by atoms with E-state index in [2.05, 4.69) is 4.98 Å². The zero-order valence-corrected chi connectivity index (χ0v) is 13.4. The van der Waals surface area contributed by atoms with E-state index in [9.17, 15) is 4.79 Å². The molecule has 2 aromatic rings. The first-order valence-electron chi connectivity index (χ1n) is 8.19. The van der Waals surface area contributed by atoms with Crippen molar-refractivity contribution in [3.63, 3.8) is 0 Å². The van der Waals surface area contributed by atoms with E-state index >= 15 is 0 Å². The molecule has 0 saturated carbocycles. The van der Waals surface area contributed by atoms with Gasteiger partial charge in [-0.25, -0.2) is 0 Å². The van der Waals surface area contributed by atoms with Gasteiger partial charge in [-0.2, -0.15) is 0 Å². The molecule has 2 heterocycles. The van der Waals surface area contributed by atoms with Crippen LogP contribution in [0.5, 0.6) is 0 Å². The number of rotatable bonds is 4. The van der Waals surface area contributed by atoms with Crippen LogP contribution >= 0.6 is 0 Å². The molecule has 23 heavy (non-hydrogen) atoms. The number of carbonyl (C=O) groups excluding carboxylic acids is 1. The van der Waals surface area contributed by atoms with Gasteiger partial charge in [0.05, 0.1) is 12.0 Å². The summed E-state index contributed by atoms with van der Waals surface area (Å²) in [6, 6.07) is 13.7. The van der Waals surface area contributed by atoms with Crippen LogP contribution in [0.15, 0.2) is 54.9 Å². The fraction of sp³-hybridized carbons (Fsp3) is 0.368.